The molecule has 1 aliphatic rings. The quantitative estimate of drug-likeness (QED) is 0.843. The van der Waals surface area contributed by atoms with E-state index >= 15 is 0 Å². The number of rotatable bonds is 6. The summed E-state index contributed by atoms with van der Waals surface area (Å²) >= 11 is 5.96. The van der Waals surface area contributed by atoms with Crippen molar-refractivity contribution in [3.8, 4) is 5.75 Å². The van der Waals surface area contributed by atoms with Gasteiger partial charge in [-0.2, -0.15) is 0 Å². The van der Waals surface area contributed by atoms with E-state index in [0.29, 0.717) is 23.0 Å². The third kappa shape index (κ3) is 4.46. The van der Waals surface area contributed by atoms with Gasteiger partial charge in [0.1, 0.15) is 11.9 Å². The minimum Gasteiger partial charge on any atom is -0.484 e. The number of carbonyl (C=O) groups is 2. The van der Waals surface area contributed by atoms with Crippen LogP contribution in [0.25, 0.3) is 0 Å². The monoisotopic (exact) mass is 374 g/mol. The number of halogens is 1. The molecule has 6 nitrogen and oxygen atoms in total. The van der Waals surface area contributed by atoms with E-state index < -0.39 is 12.2 Å². The van der Waals surface area contributed by atoms with E-state index in [1.807, 2.05) is 31.2 Å². The van der Waals surface area contributed by atoms with Crippen molar-refractivity contribution in [2.45, 2.75) is 13.0 Å². The summed E-state index contributed by atoms with van der Waals surface area (Å²) in [6, 6.07) is 14.5. The molecule has 0 unspecified atom stereocenters. The van der Waals surface area contributed by atoms with Crippen molar-refractivity contribution in [2.24, 2.45) is 0 Å². The van der Waals surface area contributed by atoms with Crippen LogP contribution in [-0.2, 0) is 9.53 Å². The van der Waals surface area contributed by atoms with Crippen LogP contribution in [0.1, 0.15) is 5.56 Å². The Hall–Kier alpha value is -2.73. The minimum absolute atomic E-state index is 0.0937. The second-order valence-electron chi connectivity index (χ2n) is 5.95. The first-order chi connectivity index (χ1) is 12.5. The molecule has 1 saturated heterocycles. The molecule has 0 spiro atoms. The zero-order valence-corrected chi connectivity index (χ0v) is 15.0. The SMILES string of the molecule is Cc1ccccc1OCC(=O)NC[C@@H]1CN(c2cccc(Cl)c2)C(=O)O1. The molecule has 1 atom stereocenters. The molecule has 0 aliphatic carbocycles. The highest BCUT2D eigenvalue weighted by atomic mass is 35.5. The molecule has 3 rings (SSSR count). The predicted octanol–water partition coefficient (Wildman–Crippen LogP) is 3.17. The number of amides is 2. The lowest BCUT2D eigenvalue weighted by Gasteiger charge is -2.13. The van der Waals surface area contributed by atoms with E-state index in [0.717, 1.165) is 5.56 Å². The number of ether oxygens (including phenoxy) is 2. The first kappa shape index (κ1) is 18.1. The molecule has 1 heterocycles. The van der Waals surface area contributed by atoms with Gasteiger partial charge in [-0.05, 0) is 36.8 Å². The van der Waals surface area contributed by atoms with Gasteiger partial charge in [-0.3, -0.25) is 9.69 Å². The zero-order valence-electron chi connectivity index (χ0n) is 14.3. The normalized spacial score (nSPS) is 16.3. The number of para-hydroxylation sites is 1. The Kier molecular flexibility index (Phi) is 5.63. The third-order valence-electron chi connectivity index (χ3n) is 3.97. The van der Waals surface area contributed by atoms with Crippen molar-refractivity contribution < 1.29 is 19.1 Å². The lowest BCUT2D eigenvalue weighted by atomic mass is 10.2. The summed E-state index contributed by atoms with van der Waals surface area (Å²) in [6.07, 6.45) is -0.883. The van der Waals surface area contributed by atoms with Crippen LogP contribution in [0.4, 0.5) is 10.5 Å². The number of aryl methyl sites for hydroxylation is 1. The number of carbonyl (C=O) groups excluding carboxylic acids is 2. The first-order valence-corrected chi connectivity index (χ1v) is 8.59. The molecule has 0 bridgehead atoms. The van der Waals surface area contributed by atoms with Gasteiger partial charge in [-0.1, -0.05) is 35.9 Å². The van der Waals surface area contributed by atoms with Gasteiger partial charge in [-0.15, -0.1) is 0 Å². The molecule has 0 radical (unpaired) electrons. The number of hydrogen-bond donors (Lipinski definition) is 1. The Morgan fingerprint density at radius 3 is 2.88 bits per heavy atom. The van der Waals surface area contributed by atoms with Crippen molar-refractivity contribution in [3.63, 3.8) is 0 Å². The second-order valence-corrected chi connectivity index (χ2v) is 6.39. The predicted molar refractivity (Wildman–Crippen MR) is 98.8 cm³/mol. The van der Waals surface area contributed by atoms with E-state index in [9.17, 15) is 9.59 Å². The number of benzene rings is 2. The molecule has 2 aromatic carbocycles. The number of anilines is 1. The maximum Gasteiger partial charge on any atom is 0.414 e. The maximum absolute atomic E-state index is 12.0. The van der Waals surface area contributed by atoms with E-state index in [4.69, 9.17) is 21.1 Å². The average Bonchev–Trinajstić information content (AvgIpc) is 3.00. The number of cyclic esters (lactones) is 1. The van der Waals surface area contributed by atoms with Gasteiger partial charge in [0.25, 0.3) is 5.91 Å². The van der Waals surface area contributed by atoms with E-state index in [-0.39, 0.29) is 19.1 Å². The Morgan fingerprint density at radius 2 is 2.12 bits per heavy atom. The summed E-state index contributed by atoms with van der Waals surface area (Å²) in [4.78, 5) is 25.5. The van der Waals surface area contributed by atoms with Crippen LogP contribution in [0.5, 0.6) is 5.75 Å². The lowest BCUT2D eigenvalue weighted by Crippen LogP contribution is -2.37. The van der Waals surface area contributed by atoms with Gasteiger partial charge in [0.15, 0.2) is 6.61 Å². The van der Waals surface area contributed by atoms with E-state index in [1.54, 1.807) is 24.3 Å². The van der Waals surface area contributed by atoms with Crippen molar-refractivity contribution in [1.29, 1.82) is 0 Å². The molecule has 1 fully saturated rings. The highest BCUT2D eigenvalue weighted by molar-refractivity contribution is 6.30. The fraction of sp³-hybridized carbons (Fsp3) is 0.263. The average molecular weight is 375 g/mol. The smallest absolute Gasteiger partial charge is 0.414 e. The Labute approximate surface area is 156 Å². The molecule has 0 saturated carbocycles. The summed E-state index contributed by atoms with van der Waals surface area (Å²) in [7, 11) is 0. The van der Waals surface area contributed by atoms with Gasteiger partial charge >= 0.3 is 6.09 Å². The molecular weight excluding hydrogens is 356 g/mol. The minimum atomic E-state index is -0.456. The molecule has 2 amide bonds. The highest BCUT2D eigenvalue weighted by Gasteiger charge is 2.32. The van der Waals surface area contributed by atoms with E-state index in [1.165, 1.54) is 4.90 Å². The molecule has 0 aromatic heterocycles. The van der Waals surface area contributed by atoms with Crippen LogP contribution in [0, 0.1) is 6.92 Å². The van der Waals surface area contributed by atoms with Crippen molar-refractivity contribution in [1.82, 2.24) is 5.32 Å². The number of nitrogens with one attached hydrogen (secondary N) is 1. The van der Waals surface area contributed by atoms with Crippen LogP contribution in [0.3, 0.4) is 0 Å². The topological polar surface area (TPSA) is 67.9 Å². The number of nitrogens with zero attached hydrogens (tertiary/aromatic N) is 1. The molecule has 136 valence electrons. The Morgan fingerprint density at radius 1 is 1.31 bits per heavy atom. The van der Waals surface area contributed by atoms with Crippen molar-refractivity contribution in [3.05, 3.63) is 59.1 Å². The van der Waals surface area contributed by atoms with Crippen LogP contribution in [0.2, 0.25) is 5.02 Å². The van der Waals surface area contributed by atoms with Crippen molar-refractivity contribution in [2.75, 3.05) is 24.6 Å². The molecule has 2 aromatic rings. The summed E-state index contributed by atoms with van der Waals surface area (Å²) in [5, 5.41) is 3.27. The summed E-state index contributed by atoms with van der Waals surface area (Å²) in [5.74, 6) is 0.396. The van der Waals surface area contributed by atoms with E-state index in [2.05, 4.69) is 5.32 Å². The summed E-state index contributed by atoms with van der Waals surface area (Å²) < 4.78 is 10.8. The maximum atomic E-state index is 12.0. The Balaban J connectivity index is 1.47. The highest BCUT2D eigenvalue weighted by Crippen LogP contribution is 2.24. The molecular formula is C19H19ClN2O4. The summed E-state index contributed by atoms with van der Waals surface area (Å²) in [6.45, 7) is 2.38. The van der Waals surface area contributed by atoms with Crippen molar-refractivity contribution >= 4 is 29.3 Å². The van der Waals surface area contributed by atoms with Crippen LogP contribution < -0.4 is 15.0 Å². The van der Waals surface area contributed by atoms with Gasteiger partial charge in [0.05, 0.1) is 13.1 Å². The first-order valence-electron chi connectivity index (χ1n) is 8.22. The van der Waals surface area contributed by atoms with Gasteiger partial charge in [0, 0.05) is 10.7 Å². The number of hydrogen-bond acceptors (Lipinski definition) is 4. The van der Waals surface area contributed by atoms with Crippen LogP contribution in [-0.4, -0.2) is 37.8 Å². The fourth-order valence-electron chi connectivity index (χ4n) is 2.62. The molecule has 1 N–H and O–H groups in total. The van der Waals surface area contributed by atoms with Crippen LogP contribution in [0.15, 0.2) is 48.5 Å². The van der Waals surface area contributed by atoms with Gasteiger partial charge in [0.2, 0.25) is 0 Å². The third-order valence-corrected chi connectivity index (χ3v) is 4.21. The summed E-state index contributed by atoms with van der Waals surface area (Å²) in [5.41, 5.74) is 1.63. The molecule has 7 heteroatoms. The zero-order chi connectivity index (χ0) is 18.5. The van der Waals surface area contributed by atoms with Gasteiger partial charge in [-0.25, -0.2) is 4.79 Å². The molecule has 26 heavy (non-hydrogen) atoms. The lowest BCUT2D eigenvalue weighted by molar-refractivity contribution is -0.123. The largest absolute Gasteiger partial charge is 0.484 e. The fourth-order valence-corrected chi connectivity index (χ4v) is 2.81. The molecule has 1 aliphatic heterocycles. The second kappa shape index (κ2) is 8.10. The van der Waals surface area contributed by atoms with Crippen LogP contribution >= 0.6 is 11.6 Å². The standard InChI is InChI=1S/C19H19ClN2O4/c1-13-5-2-3-8-17(13)25-12-18(23)21-10-16-11-22(19(24)26-16)15-7-4-6-14(20)9-15/h2-9,16H,10-12H2,1H3,(H,21,23)/t16-/m1/s1. The van der Waals surface area contributed by atoms with Gasteiger partial charge < -0.3 is 14.8 Å². The Bertz CT molecular complexity index is 812.